The molecule has 0 atom stereocenters. The van der Waals surface area contributed by atoms with E-state index in [0.29, 0.717) is 11.5 Å². The van der Waals surface area contributed by atoms with E-state index in [4.69, 9.17) is 14.7 Å². The highest BCUT2D eigenvalue weighted by Crippen LogP contribution is 2.27. The number of nitriles is 1. The van der Waals surface area contributed by atoms with E-state index in [-0.39, 0.29) is 19.1 Å². The summed E-state index contributed by atoms with van der Waals surface area (Å²) in [6, 6.07) is 7.31. The molecule has 2 N–H and O–H groups in total. The summed E-state index contributed by atoms with van der Waals surface area (Å²) in [6.07, 6.45) is 0. The maximum absolute atomic E-state index is 11.3. The van der Waals surface area contributed by atoms with E-state index in [1.54, 1.807) is 13.2 Å². The zero-order chi connectivity index (χ0) is 14.1. The minimum Gasteiger partial charge on any atom is -0.493 e. The van der Waals surface area contributed by atoms with Gasteiger partial charge in [-0.2, -0.15) is 5.26 Å². The Morgan fingerprint density at radius 1 is 1.42 bits per heavy atom. The summed E-state index contributed by atoms with van der Waals surface area (Å²) in [4.78, 5) is 11.3. The van der Waals surface area contributed by atoms with Crippen LogP contribution in [0.5, 0.6) is 11.5 Å². The van der Waals surface area contributed by atoms with Crippen LogP contribution in [0.1, 0.15) is 5.56 Å². The minimum atomic E-state index is -0.345. The van der Waals surface area contributed by atoms with Gasteiger partial charge < -0.3 is 20.1 Å². The van der Waals surface area contributed by atoms with Crippen LogP contribution in [0.15, 0.2) is 18.2 Å². The summed E-state index contributed by atoms with van der Waals surface area (Å²) in [7, 11) is 3.40. The number of hydrogen-bond acceptors (Lipinski definition) is 5. The average Bonchev–Trinajstić information content (AvgIpc) is 2.43. The Kier molecular flexibility index (Phi) is 6.19. The van der Waals surface area contributed by atoms with Crippen molar-refractivity contribution < 1.29 is 14.3 Å². The summed E-state index contributed by atoms with van der Waals surface area (Å²) in [5.41, 5.74) is 1.06. The third kappa shape index (κ3) is 4.85. The summed E-state index contributed by atoms with van der Waals surface area (Å²) >= 11 is 0. The zero-order valence-electron chi connectivity index (χ0n) is 11.0. The molecular weight excluding hydrogens is 246 g/mol. The molecule has 0 aliphatic carbocycles. The Morgan fingerprint density at radius 2 is 2.21 bits per heavy atom. The highest BCUT2D eigenvalue weighted by Gasteiger charge is 2.08. The normalized spacial score (nSPS) is 9.53. The van der Waals surface area contributed by atoms with E-state index in [9.17, 15) is 4.79 Å². The molecule has 0 saturated heterocycles. The number of methoxy groups -OCH3 is 1. The van der Waals surface area contributed by atoms with Crippen molar-refractivity contribution in [3.05, 3.63) is 23.8 Å². The summed E-state index contributed by atoms with van der Waals surface area (Å²) in [5.74, 6) is 0.721. The molecule has 0 aliphatic heterocycles. The first-order valence-corrected chi connectivity index (χ1v) is 5.79. The van der Waals surface area contributed by atoms with Gasteiger partial charge in [-0.1, -0.05) is 6.07 Å². The number of nitrogens with zero attached hydrogens (tertiary/aromatic N) is 1. The van der Waals surface area contributed by atoms with Crippen LogP contribution in [-0.4, -0.2) is 33.2 Å². The maximum Gasteiger partial charge on any atom is 0.258 e. The Labute approximate surface area is 112 Å². The lowest BCUT2D eigenvalue weighted by Gasteiger charge is -2.11. The molecule has 0 radical (unpaired) electrons. The largest absolute Gasteiger partial charge is 0.493 e. The number of rotatable bonds is 7. The molecule has 0 saturated carbocycles. The monoisotopic (exact) mass is 263 g/mol. The lowest BCUT2D eigenvalue weighted by molar-refractivity contribution is -0.122. The summed E-state index contributed by atoms with van der Waals surface area (Å²) in [6.45, 7) is 0.545. The molecule has 102 valence electrons. The van der Waals surface area contributed by atoms with Gasteiger partial charge in [-0.25, -0.2) is 0 Å². The predicted octanol–water partition coefficient (Wildman–Crippen LogP) is 0.433. The fourth-order valence-corrected chi connectivity index (χ4v) is 1.48. The molecule has 6 heteroatoms. The molecule has 1 aromatic rings. The number of carbonyl (C=O) groups is 1. The predicted molar refractivity (Wildman–Crippen MR) is 69.9 cm³/mol. The fraction of sp³-hybridized carbons (Fsp3) is 0.385. The molecule has 1 aromatic carbocycles. The van der Waals surface area contributed by atoms with Crippen molar-refractivity contribution in [3.63, 3.8) is 0 Å². The van der Waals surface area contributed by atoms with E-state index in [1.807, 2.05) is 25.2 Å². The molecule has 19 heavy (non-hydrogen) atoms. The first-order chi connectivity index (χ1) is 9.21. The van der Waals surface area contributed by atoms with Gasteiger partial charge in [0.25, 0.3) is 5.91 Å². The molecule has 0 aromatic heterocycles. The van der Waals surface area contributed by atoms with Crippen LogP contribution < -0.4 is 20.1 Å². The van der Waals surface area contributed by atoms with Crippen LogP contribution in [0.3, 0.4) is 0 Å². The second-order valence-corrected chi connectivity index (χ2v) is 3.74. The number of nitrogens with one attached hydrogen (secondary N) is 2. The van der Waals surface area contributed by atoms with Gasteiger partial charge in [-0.15, -0.1) is 0 Å². The lowest BCUT2D eigenvalue weighted by Crippen LogP contribution is -2.29. The topological polar surface area (TPSA) is 83.4 Å². The van der Waals surface area contributed by atoms with Gasteiger partial charge in [-0.3, -0.25) is 4.79 Å². The zero-order valence-corrected chi connectivity index (χ0v) is 11.0. The fourth-order valence-electron chi connectivity index (χ4n) is 1.48. The van der Waals surface area contributed by atoms with E-state index in [2.05, 4.69) is 10.6 Å². The molecule has 0 bridgehead atoms. The van der Waals surface area contributed by atoms with E-state index < -0.39 is 0 Å². The first kappa shape index (κ1) is 14.8. The summed E-state index contributed by atoms with van der Waals surface area (Å²) in [5, 5.41) is 13.8. The van der Waals surface area contributed by atoms with Crippen molar-refractivity contribution in [1.29, 1.82) is 5.26 Å². The van der Waals surface area contributed by atoms with Crippen LogP contribution in [-0.2, 0) is 11.3 Å². The van der Waals surface area contributed by atoms with Crippen molar-refractivity contribution in [2.45, 2.75) is 6.54 Å². The second kappa shape index (κ2) is 7.95. The third-order valence-corrected chi connectivity index (χ3v) is 2.33. The highest BCUT2D eigenvalue weighted by molar-refractivity contribution is 5.77. The third-order valence-electron chi connectivity index (χ3n) is 2.33. The standard InChI is InChI=1S/C13H17N3O3/c1-15-8-10-3-4-11(12(7-10)18-2)19-9-13(17)16-6-5-14/h3-4,7,15H,6,8-9H2,1-2H3,(H,16,17). The van der Waals surface area contributed by atoms with Gasteiger partial charge in [0, 0.05) is 6.54 Å². The van der Waals surface area contributed by atoms with E-state index >= 15 is 0 Å². The molecule has 0 unspecified atom stereocenters. The number of ether oxygens (including phenoxy) is 2. The Hall–Kier alpha value is -2.26. The maximum atomic E-state index is 11.3. The smallest absolute Gasteiger partial charge is 0.258 e. The van der Waals surface area contributed by atoms with Crippen LogP contribution in [0.2, 0.25) is 0 Å². The van der Waals surface area contributed by atoms with Crippen LogP contribution in [0.25, 0.3) is 0 Å². The van der Waals surface area contributed by atoms with E-state index in [1.165, 1.54) is 0 Å². The minimum absolute atomic E-state index is 0.0273. The number of carbonyl (C=O) groups excluding carboxylic acids is 1. The van der Waals surface area contributed by atoms with Gasteiger partial charge >= 0.3 is 0 Å². The molecule has 1 amide bonds. The second-order valence-electron chi connectivity index (χ2n) is 3.74. The van der Waals surface area contributed by atoms with Crippen molar-refractivity contribution in [2.75, 3.05) is 27.3 Å². The van der Waals surface area contributed by atoms with Gasteiger partial charge in [-0.05, 0) is 24.7 Å². The lowest BCUT2D eigenvalue weighted by atomic mass is 10.2. The van der Waals surface area contributed by atoms with Gasteiger partial charge in [0.05, 0.1) is 13.2 Å². The number of amides is 1. The first-order valence-electron chi connectivity index (χ1n) is 5.79. The van der Waals surface area contributed by atoms with Crippen LogP contribution in [0.4, 0.5) is 0 Å². The van der Waals surface area contributed by atoms with Crippen molar-refractivity contribution in [3.8, 4) is 17.6 Å². The Balaban J connectivity index is 2.62. The summed E-state index contributed by atoms with van der Waals surface area (Å²) < 4.78 is 10.6. The highest BCUT2D eigenvalue weighted by atomic mass is 16.5. The van der Waals surface area contributed by atoms with Crippen molar-refractivity contribution in [2.24, 2.45) is 0 Å². The Morgan fingerprint density at radius 3 is 2.84 bits per heavy atom. The molecule has 1 rings (SSSR count). The van der Waals surface area contributed by atoms with Crippen molar-refractivity contribution in [1.82, 2.24) is 10.6 Å². The van der Waals surface area contributed by atoms with Gasteiger partial charge in [0.1, 0.15) is 6.54 Å². The molecule has 0 spiro atoms. The van der Waals surface area contributed by atoms with Crippen molar-refractivity contribution >= 4 is 5.91 Å². The van der Waals surface area contributed by atoms with E-state index in [0.717, 1.165) is 12.1 Å². The molecule has 6 nitrogen and oxygen atoms in total. The van der Waals surface area contributed by atoms with Gasteiger partial charge in [0.2, 0.25) is 0 Å². The van der Waals surface area contributed by atoms with Crippen LogP contribution >= 0.6 is 0 Å². The number of hydrogen-bond donors (Lipinski definition) is 2. The molecular formula is C13H17N3O3. The quantitative estimate of drug-likeness (QED) is 0.697. The SMILES string of the molecule is CNCc1ccc(OCC(=O)NCC#N)c(OC)c1. The Bertz CT molecular complexity index is 469. The molecule has 0 fully saturated rings. The molecule has 0 heterocycles. The number of benzene rings is 1. The average molecular weight is 263 g/mol. The molecule has 0 aliphatic rings. The van der Waals surface area contributed by atoms with Crippen LogP contribution in [0, 0.1) is 11.3 Å². The van der Waals surface area contributed by atoms with Gasteiger partial charge in [0.15, 0.2) is 18.1 Å².